The molecule has 0 saturated carbocycles. The predicted octanol–water partition coefficient (Wildman–Crippen LogP) is 14.0. The van der Waals surface area contributed by atoms with Crippen LogP contribution in [0.2, 0.25) is 0 Å². The highest BCUT2D eigenvalue weighted by Crippen LogP contribution is 2.41. The first-order valence-electron chi connectivity index (χ1n) is 19.8. The van der Waals surface area contributed by atoms with Gasteiger partial charge >= 0.3 is 0 Å². The Kier molecular flexibility index (Phi) is 7.20. The Morgan fingerprint density at radius 1 is 0.328 bits per heavy atom. The van der Waals surface area contributed by atoms with Crippen molar-refractivity contribution in [2.75, 3.05) is 0 Å². The van der Waals surface area contributed by atoms with E-state index in [1.807, 2.05) is 6.07 Å². The number of hydrogen-bond donors (Lipinski definition) is 0. The molecule has 0 amide bonds. The molecule has 3 aromatic heterocycles. The van der Waals surface area contributed by atoms with Crippen molar-refractivity contribution >= 4 is 65.3 Å². The van der Waals surface area contributed by atoms with E-state index in [4.69, 9.17) is 9.97 Å². The molecule has 270 valence electrons. The Balaban J connectivity index is 1.03. The summed E-state index contributed by atoms with van der Waals surface area (Å²) in [5, 5.41) is 8.28. The van der Waals surface area contributed by atoms with Gasteiger partial charge in [-0.3, -0.25) is 0 Å². The minimum atomic E-state index is 0.710. The fraction of sp³-hybridized carbons (Fsp3) is 0. The molecular formula is C54H34N4. The Morgan fingerprint density at radius 2 is 0.914 bits per heavy atom. The van der Waals surface area contributed by atoms with Gasteiger partial charge in [-0.2, -0.15) is 0 Å². The molecule has 0 aliphatic rings. The Labute approximate surface area is 334 Å². The number of fused-ring (bicyclic) bond motifs is 9. The van der Waals surface area contributed by atoms with Crippen LogP contribution in [0.15, 0.2) is 206 Å². The van der Waals surface area contributed by atoms with Crippen LogP contribution < -0.4 is 0 Å². The zero-order valence-electron chi connectivity index (χ0n) is 31.4. The molecule has 0 aliphatic heterocycles. The SMILES string of the molecule is c1ccc(-c2nc(-c3ccc(-n4c5ccccc5c5ccc(-c6cccc7c6c6ccccc6n7-c6ccccc6)cc54)cc3)nc3c2ccc2ccccc23)cc1. The Morgan fingerprint density at radius 3 is 1.72 bits per heavy atom. The quantitative estimate of drug-likeness (QED) is 0.165. The van der Waals surface area contributed by atoms with Gasteiger partial charge in [0.05, 0.1) is 33.3 Å². The van der Waals surface area contributed by atoms with Crippen molar-refractivity contribution < 1.29 is 0 Å². The van der Waals surface area contributed by atoms with Gasteiger partial charge in [0.1, 0.15) is 0 Å². The van der Waals surface area contributed by atoms with Crippen molar-refractivity contribution in [1.82, 2.24) is 19.1 Å². The van der Waals surface area contributed by atoms with Gasteiger partial charge in [-0.1, -0.05) is 140 Å². The molecule has 4 heteroatoms. The van der Waals surface area contributed by atoms with Crippen LogP contribution in [0.25, 0.3) is 110 Å². The Hall–Kier alpha value is -7.82. The van der Waals surface area contributed by atoms with E-state index in [1.165, 1.54) is 49.2 Å². The molecule has 0 atom stereocenters. The lowest BCUT2D eigenvalue weighted by Gasteiger charge is -2.13. The number of hydrogen-bond acceptors (Lipinski definition) is 2. The highest BCUT2D eigenvalue weighted by Gasteiger charge is 2.19. The van der Waals surface area contributed by atoms with Crippen LogP contribution in [-0.4, -0.2) is 19.1 Å². The zero-order valence-corrected chi connectivity index (χ0v) is 31.4. The Bertz CT molecular complexity index is 3540. The van der Waals surface area contributed by atoms with Crippen LogP contribution in [0.5, 0.6) is 0 Å². The standard InChI is InChI=1S/C54H34N4/c1-3-15-36(16-4-1)52-46-33-28-35-14-7-8-19-42(35)53(46)56-54(55-52)37-26-30-40(31-27-37)58-47-23-11-9-20-43(47)44-32-29-38(34-50(44)58)41-22-13-25-49-51(41)45-21-10-12-24-48(45)57(49)39-17-5-2-6-18-39/h1-34H. The van der Waals surface area contributed by atoms with Crippen molar-refractivity contribution in [1.29, 1.82) is 0 Å². The summed E-state index contributed by atoms with van der Waals surface area (Å²) in [7, 11) is 0. The van der Waals surface area contributed by atoms with Crippen LogP contribution in [0.4, 0.5) is 0 Å². The molecule has 12 aromatic rings. The summed E-state index contributed by atoms with van der Waals surface area (Å²) in [6.45, 7) is 0. The first-order valence-corrected chi connectivity index (χ1v) is 19.8. The van der Waals surface area contributed by atoms with Gasteiger partial charge in [-0.15, -0.1) is 0 Å². The van der Waals surface area contributed by atoms with E-state index < -0.39 is 0 Å². The lowest BCUT2D eigenvalue weighted by Crippen LogP contribution is -1.97. The number of aromatic nitrogens is 4. The highest BCUT2D eigenvalue weighted by atomic mass is 15.0. The second kappa shape index (κ2) is 12.9. The maximum atomic E-state index is 5.25. The second-order valence-electron chi connectivity index (χ2n) is 15.0. The molecule has 0 spiro atoms. The van der Waals surface area contributed by atoms with Crippen LogP contribution >= 0.6 is 0 Å². The van der Waals surface area contributed by atoms with E-state index in [9.17, 15) is 0 Å². The van der Waals surface area contributed by atoms with E-state index in [0.29, 0.717) is 5.82 Å². The third-order valence-corrected chi connectivity index (χ3v) is 11.7. The molecule has 9 aromatic carbocycles. The van der Waals surface area contributed by atoms with E-state index >= 15 is 0 Å². The second-order valence-corrected chi connectivity index (χ2v) is 15.0. The molecule has 4 nitrogen and oxygen atoms in total. The van der Waals surface area contributed by atoms with Crippen LogP contribution in [0, 0.1) is 0 Å². The lowest BCUT2D eigenvalue weighted by molar-refractivity contribution is 1.17. The van der Waals surface area contributed by atoms with Crippen molar-refractivity contribution in [3.05, 3.63) is 206 Å². The summed E-state index contributed by atoms with van der Waals surface area (Å²) in [6, 6.07) is 73.8. The van der Waals surface area contributed by atoms with Gasteiger partial charge in [-0.05, 0) is 83.2 Å². The minimum Gasteiger partial charge on any atom is -0.309 e. The van der Waals surface area contributed by atoms with Gasteiger partial charge in [0, 0.05) is 54.8 Å². The van der Waals surface area contributed by atoms with Crippen LogP contribution in [0.3, 0.4) is 0 Å². The van der Waals surface area contributed by atoms with Crippen molar-refractivity contribution in [3.8, 4) is 45.1 Å². The van der Waals surface area contributed by atoms with E-state index in [1.54, 1.807) is 0 Å². The first-order chi connectivity index (χ1) is 28.8. The molecule has 0 N–H and O–H groups in total. The van der Waals surface area contributed by atoms with Gasteiger partial charge in [0.2, 0.25) is 0 Å². The van der Waals surface area contributed by atoms with Gasteiger partial charge in [0.15, 0.2) is 5.82 Å². The third kappa shape index (κ3) is 4.95. The molecule has 0 saturated heterocycles. The summed E-state index contributed by atoms with van der Waals surface area (Å²) in [4.78, 5) is 10.5. The number of rotatable bonds is 5. The van der Waals surface area contributed by atoms with Crippen LogP contribution in [0.1, 0.15) is 0 Å². The molecular weight excluding hydrogens is 705 g/mol. The average molecular weight is 739 g/mol. The monoisotopic (exact) mass is 738 g/mol. The van der Waals surface area contributed by atoms with E-state index in [-0.39, 0.29) is 0 Å². The van der Waals surface area contributed by atoms with Crippen molar-refractivity contribution in [2.45, 2.75) is 0 Å². The lowest BCUT2D eigenvalue weighted by atomic mass is 9.98. The van der Waals surface area contributed by atoms with Crippen LogP contribution in [-0.2, 0) is 0 Å². The summed E-state index contributed by atoms with van der Waals surface area (Å²) >= 11 is 0. The summed E-state index contributed by atoms with van der Waals surface area (Å²) in [6.07, 6.45) is 0. The van der Waals surface area contributed by atoms with Gasteiger partial charge < -0.3 is 9.13 Å². The fourth-order valence-electron chi connectivity index (χ4n) is 9.10. The first kappa shape index (κ1) is 32.4. The average Bonchev–Trinajstić information content (AvgIpc) is 3.82. The zero-order chi connectivity index (χ0) is 38.2. The summed E-state index contributed by atoms with van der Waals surface area (Å²) in [5.41, 5.74) is 13.3. The summed E-state index contributed by atoms with van der Waals surface area (Å²) < 4.78 is 4.78. The molecule has 0 unspecified atom stereocenters. The maximum Gasteiger partial charge on any atom is 0.160 e. The fourth-order valence-corrected chi connectivity index (χ4v) is 9.10. The molecule has 0 radical (unpaired) electrons. The predicted molar refractivity (Wildman–Crippen MR) is 242 cm³/mol. The summed E-state index contributed by atoms with van der Waals surface area (Å²) in [5.74, 6) is 0.710. The molecule has 12 rings (SSSR count). The van der Waals surface area contributed by atoms with Crippen molar-refractivity contribution in [2.24, 2.45) is 0 Å². The molecule has 0 aliphatic carbocycles. The normalized spacial score (nSPS) is 11.8. The van der Waals surface area contributed by atoms with Crippen molar-refractivity contribution in [3.63, 3.8) is 0 Å². The smallest absolute Gasteiger partial charge is 0.160 e. The van der Waals surface area contributed by atoms with Gasteiger partial charge in [-0.25, -0.2) is 9.97 Å². The molecule has 3 heterocycles. The number of para-hydroxylation sites is 3. The van der Waals surface area contributed by atoms with E-state index in [0.717, 1.165) is 55.4 Å². The molecule has 0 bridgehead atoms. The molecule has 58 heavy (non-hydrogen) atoms. The topological polar surface area (TPSA) is 35.6 Å². The minimum absolute atomic E-state index is 0.710. The largest absolute Gasteiger partial charge is 0.309 e. The molecule has 0 fully saturated rings. The third-order valence-electron chi connectivity index (χ3n) is 11.7. The highest BCUT2D eigenvalue weighted by molar-refractivity contribution is 6.17. The number of nitrogens with zero attached hydrogens (tertiary/aromatic N) is 4. The number of benzene rings is 9. The van der Waals surface area contributed by atoms with E-state index in [2.05, 4.69) is 209 Å². The van der Waals surface area contributed by atoms with Gasteiger partial charge in [0.25, 0.3) is 0 Å². The maximum absolute atomic E-state index is 5.25.